The van der Waals surface area contributed by atoms with Gasteiger partial charge in [0, 0.05) is 12.6 Å². The highest BCUT2D eigenvalue weighted by molar-refractivity contribution is 5.99. The van der Waals surface area contributed by atoms with Gasteiger partial charge in [-0.3, -0.25) is 4.79 Å². The molecule has 2 N–H and O–H groups in total. The van der Waals surface area contributed by atoms with Gasteiger partial charge in [0.15, 0.2) is 0 Å². The molecule has 0 heterocycles. The van der Waals surface area contributed by atoms with Crippen molar-refractivity contribution in [2.75, 3.05) is 26.6 Å². The van der Waals surface area contributed by atoms with Gasteiger partial charge in [0.2, 0.25) is 0 Å². The lowest BCUT2D eigenvalue weighted by molar-refractivity contribution is -0.138. The van der Waals surface area contributed by atoms with E-state index in [-0.39, 0.29) is 16.9 Å². The van der Waals surface area contributed by atoms with Gasteiger partial charge in [-0.15, -0.1) is 0 Å². The largest absolute Gasteiger partial charge is 0.466 e. The Morgan fingerprint density at radius 3 is 2.41 bits per heavy atom. The fourth-order valence-electron chi connectivity index (χ4n) is 1.48. The molecule has 0 aliphatic heterocycles. The van der Waals surface area contributed by atoms with E-state index in [0.29, 0.717) is 0 Å². The summed E-state index contributed by atoms with van der Waals surface area (Å²) >= 11 is 0. The maximum absolute atomic E-state index is 13.8. The highest BCUT2D eigenvalue weighted by Crippen LogP contribution is 2.18. The molecule has 0 spiro atoms. The second-order valence-corrected chi connectivity index (χ2v) is 3.97. The van der Waals surface area contributed by atoms with Crippen LogP contribution in [0.5, 0.6) is 0 Å². The number of amides is 1. The molecule has 0 unspecified atom stereocenters. The highest BCUT2D eigenvalue weighted by atomic mass is 19.1. The first-order chi connectivity index (χ1) is 10.4. The molecule has 0 aliphatic rings. The van der Waals surface area contributed by atoms with Crippen LogP contribution in [-0.4, -0.2) is 39.1 Å². The number of hydrogen-bond donors (Lipinski definition) is 2. The summed E-state index contributed by atoms with van der Waals surface area (Å²) in [5.41, 5.74) is -0.322. The molecule has 0 saturated heterocycles. The van der Waals surface area contributed by atoms with E-state index in [1.54, 1.807) is 0 Å². The minimum absolute atomic E-state index is 0.165. The molecule has 1 aromatic carbocycles. The number of rotatable bonds is 5. The maximum Gasteiger partial charge on any atom is 0.354 e. The lowest BCUT2D eigenvalue weighted by Crippen LogP contribution is -2.19. The van der Waals surface area contributed by atoms with Gasteiger partial charge in [-0.25, -0.2) is 14.0 Å². The first-order valence-corrected chi connectivity index (χ1v) is 6.09. The number of hydrogen-bond acceptors (Lipinski definition) is 6. The third kappa shape index (κ3) is 4.30. The van der Waals surface area contributed by atoms with Crippen LogP contribution in [0.4, 0.5) is 10.1 Å². The van der Waals surface area contributed by atoms with Crippen molar-refractivity contribution in [3.05, 3.63) is 41.4 Å². The second kappa shape index (κ2) is 7.77. The zero-order chi connectivity index (χ0) is 16.7. The van der Waals surface area contributed by atoms with Gasteiger partial charge < -0.3 is 20.1 Å². The predicted molar refractivity (Wildman–Crippen MR) is 75.5 cm³/mol. The summed E-state index contributed by atoms with van der Waals surface area (Å²) in [5, 5.41) is 4.80. The predicted octanol–water partition coefficient (Wildman–Crippen LogP) is 0.827. The summed E-state index contributed by atoms with van der Waals surface area (Å²) in [4.78, 5) is 34.4. The van der Waals surface area contributed by atoms with Gasteiger partial charge in [0.25, 0.3) is 5.91 Å². The van der Waals surface area contributed by atoms with E-state index in [0.717, 1.165) is 26.4 Å². The molecule has 0 aliphatic carbocycles. The molecule has 7 nitrogen and oxygen atoms in total. The van der Waals surface area contributed by atoms with Crippen LogP contribution in [0.2, 0.25) is 0 Å². The monoisotopic (exact) mass is 310 g/mol. The molecule has 0 atom stereocenters. The van der Waals surface area contributed by atoms with E-state index >= 15 is 0 Å². The first kappa shape index (κ1) is 17.2. The first-order valence-electron chi connectivity index (χ1n) is 6.09. The zero-order valence-corrected chi connectivity index (χ0v) is 12.2. The fraction of sp³-hybridized carbons (Fsp3) is 0.214. The molecule has 8 heteroatoms. The molecule has 0 radical (unpaired) electrons. The Morgan fingerprint density at radius 1 is 1.18 bits per heavy atom. The van der Waals surface area contributed by atoms with Crippen molar-refractivity contribution in [3.8, 4) is 0 Å². The number of benzene rings is 1. The van der Waals surface area contributed by atoms with Gasteiger partial charge in [0.1, 0.15) is 11.5 Å². The summed E-state index contributed by atoms with van der Waals surface area (Å²) in [5.74, 6) is -2.86. The Bertz CT molecular complexity index is 628. The molecule has 22 heavy (non-hydrogen) atoms. The van der Waals surface area contributed by atoms with Crippen molar-refractivity contribution in [1.29, 1.82) is 0 Å². The second-order valence-electron chi connectivity index (χ2n) is 3.97. The summed E-state index contributed by atoms with van der Waals surface area (Å²) in [6.45, 7) is 0. The molecule has 1 amide bonds. The van der Waals surface area contributed by atoms with E-state index in [4.69, 9.17) is 0 Å². The Kier molecular flexibility index (Phi) is 6.06. The van der Waals surface area contributed by atoms with Crippen molar-refractivity contribution in [2.45, 2.75) is 0 Å². The zero-order valence-electron chi connectivity index (χ0n) is 12.2. The van der Waals surface area contributed by atoms with Crippen LogP contribution in [0.3, 0.4) is 0 Å². The maximum atomic E-state index is 13.8. The SMILES string of the molecule is CNC(=O)c1ccc(F)c(N/C(=C/C(=O)OC)C(=O)OC)c1. The van der Waals surface area contributed by atoms with Crippen LogP contribution in [0, 0.1) is 5.82 Å². The van der Waals surface area contributed by atoms with Crippen molar-refractivity contribution in [1.82, 2.24) is 5.32 Å². The van der Waals surface area contributed by atoms with Crippen LogP contribution in [0.15, 0.2) is 30.0 Å². The van der Waals surface area contributed by atoms with E-state index in [1.165, 1.54) is 19.2 Å². The molecule has 0 aromatic heterocycles. The summed E-state index contributed by atoms with van der Waals surface area (Å²) in [6.07, 6.45) is 0.817. The number of methoxy groups -OCH3 is 2. The van der Waals surface area contributed by atoms with E-state index in [1.807, 2.05) is 0 Å². The third-order valence-electron chi connectivity index (χ3n) is 2.59. The molecule has 0 bridgehead atoms. The quantitative estimate of drug-likeness (QED) is 0.618. The molecule has 1 rings (SSSR count). The Hall–Kier alpha value is -2.90. The number of anilines is 1. The number of halogens is 1. The summed E-state index contributed by atoms with van der Waals surface area (Å²) in [7, 11) is 3.66. The van der Waals surface area contributed by atoms with Crippen molar-refractivity contribution < 1.29 is 28.2 Å². The normalized spacial score (nSPS) is 10.6. The number of esters is 2. The van der Waals surface area contributed by atoms with Gasteiger partial charge >= 0.3 is 11.9 Å². The Balaban J connectivity index is 3.17. The molecule has 0 saturated carbocycles. The number of carbonyl (C=O) groups is 3. The average molecular weight is 310 g/mol. The lowest BCUT2D eigenvalue weighted by Gasteiger charge is -2.11. The van der Waals surface area contributed by atoms with Gasteiger partial charge in [-0.2, -0.15) is 0 Å². The minimum Gasteiger partial charge on any atom is -0.466 e. The number of carbonyl (C=O) groups excluding carboxylic acids is 3. The lowest BCUT2D eigenvalue weighted by atomic mass is 10.1. The van der Waals surface area contributed by atoms with Crippen LogP contribution in [-0.2, 0) is 19.1 Å². The third-order valence-corrected chi connectivity index (χ3v) is 2.59. The Labute approximate surface area is 126 Å². The van der Waals surface area contributed by atoms with Crippen molar-refractivity contribution in [2.24, 2.45) is 0 Å². The molecular weight excluding hydrogens is 295 g/mol. The van der Waals surface area contributed by atoms with Crippen molar-refractivity contribution in [3.63, 3.8) is 0 Å². The molecule has 1 aromatic rings. The van der Waals surface area contributed by atoms with E-state index < -0.39 is 23.7 Å². The van der Waals surface area contributed by atoms with E-state index in [9.17, 15) is 18.8 Å². The highest BCUT2D eigenvalue weighted by Gasteiger charge is 2.16. The number of nitrogens with one attached hydrogen (secondary N) is 2. The molecular formula is C14H15FN2O5. The topological polar surface area (TPSA) is 93.7 Å². The van der Waals surface area contributed by atoms with Gasteiger partial charge in [-0.1, -0.05) is 0 Å². The summed E-state index contributed by atoms with van der Waals surface area (Å²) < 4.78 is 22.7. The standard InChI is InChI=1S/C14H15FN2O5/c1-16-13(19)8-4-5-9(15)10(6-8)17-11(14(20)22-3)7-12(18)21-2/h4-7,17H,1-3H3,(H,16,19)/b11-7+. The minimum atomic E-state index is -0.893. The average Bonchev–Trinajstić information content (AvgIpc) is 2.54. The summed E-state index contributed by atoms with van der Waals surface area (Å²) in [6, 6.07) is 3.53. The smallest absolute Gasteiger partial charge is 0.354 e. The van der Waals surface area contributed by atoms with Crippen LogP contribution >= 0.6 is 0 Å². The van der Waals surface area contributed by atoms with Gasteiger partial charge in [-0.05, 0) is 18.2 Å². The van der Waals surface area contributed by atoms with E-state index in [2.05, 4.69) is 20.1 Å². The fourth-order valence-corrected chi connectivity index (χ4v) is 1.48. The van der Waals surface area contributed by atoms with Crippen LogP contribution in [0.25, 0.3) is 0 Å². The Morgan fingerprint density at radius 2 is 1.86 bits per heavy atom. The van der Waals surface area contributed by atoms with Crippen LogP contribution < -0.4 is 10.6 Å². The molecule has 118 valence electrons. The van der Waals surface area contributed by atoms with Gasteiger partial charge in [0.05, 0.1) is 26.0 Å². The molecule has 0 fully saturated rings. The number of ether oxygens (including phenoxy) is 2. The van der Waals surface area contributed by atoms with Crippen LogP contribution in [0.1, 0.15) is 10.4 Å². The van der Waals surface area contributed by atoms with Crippen molar-refractivity contribution >= 4 is 23.5 Å².